The molecule has 1 aromatic rings. The summed E-state index contributed by atoms with van der Waals surface area (Å²) in [6.07, 6.45) is 1.91. The van der Waals surface area contributed by atoms with Gasteiger partial charge in [-0.1, -0.05) is 6.07 Å². The van der Waals surface area contributed by atoms with Gasteiger partial charge in [-0.05, 0) is 43.0 Å². The molecule has 76 valence electrons. The first-order valence-electron chi connectivity index (χ1n) is 4.97. The van der Waals surface area contributed by atoms with Crippen LogP contribution in [0.1, 0.15) is 30.5 Å². The topological polar surface area (TPSA) is 21.3 Å². The number of nitrogens with one attached hydrogen (secondary N) is 1. The fourth-order valence-electron chi connectivity index (χ4n) is 1.89. The van der Waals surface area contributed by atoms with Crippen molar-refractivity contribution < 1.29 is 9.23 Å². The summed E-state index contributed by atoms with van der Waals surface area (Å²) in [6.45, 7) is 2.58. The van der Waals surface area contributed by atoms with Crippen LogP contribution in [0.3, 0.4) is 0 Å². The van der Waals surface area contributed by atoms with Crippen LogP contribution < -0.4 is 5.48 Å². The molecule has 1 aromatic carbocycles. The van der Waals surface area contributed by atoms with Crippen LogP contribution in [0.5, 0.6) is 0 Å². The molecule has 0 amide bonds. The van der Waals surface area contributed by atoms with Gasteiger partial charge in [-0.2, -0.15) is 5.48 Å². The number of fused-ring (bicyclic) bond motifs is 1. The highest BCUT2D eigenvalue weighted by Gasteiger charge is 2.22. The maximum absolute atomic E-state index is 12.9. The van der Waals surface area contributed by atoms with Gasteiger partial charge in [-0.25, -0.2) is 4.39 Å². The van der Waals surface area contributed by atoms with Gasteiger partial charge in [0.25, 0.3) is 0 Å². The molecule has 1 aliphatic carbocycles. The largest absolute Gasteiger partial charge is 0.302 e. The molecule has 2 rings (SSSR count). The predicted molar refractivity (Wildman–Crippen MR) is 52.2 cm³/mol. The summed E-state index contributed by atoms with van der Waals surface area (Å²) in [5, 5.41) is 0. The van der Waals surface area contributed by atoms with Gasteiger partial charge < -0.3 is 4.84 Å². The zero-order chi connectivity index (χ0) is 9.97. The number of hydrogen-bond acceptors (Lipinski definition) is 2. The van der Waals surface area contributed by atoms with E-state index in [1.807, 2.05) is 13.0 Å². The van der Waals surface area contributed by atoms with Crippen LogP contribution >= 0.6 is 0 Å². The van der Waals surface area contributed by atoms with E-state index in [1.165, 1.54) is 11.6 Å². The van der Waals surface area contributed by atoms with Gasteiger partial charge in [0.15, 0.2) is 0 Å². The first-order chi connectivity index (χ1) is 6.81. The highest BCUT2D eigenvalue weighted by Crippen LogP contribution is 2.31. The minimum absolute atomic E-state index is 0.152. The Hall–Kier alpha value is -0.930. The highest BCUT2D eigenvalue weighted by molar-refractivity contribution is 5.34. The quantitative estimate of drug-likeness (QED) is 0.747. The molecule has 3 heteroatoms. The van der Waals surface area contributed by atoms with Gasteiger partial charge in [0.05, 0.1) is 12.6 Å². The third-order valence-corrected chi connectivity index (χ3v) is 2.55. The van der Waals surface area contributed by atoms with Gasteiger partial charge >= 0.3 is 0 Å². The fraction of sp³-hybridized carbons (Fsp3) is 0.455. The first kappa shape index (κ1) is 9.62. The maximum atomic E-state index is 12.9. The molecule has 0 aliphatic heterocycles. The molecule has 0 spiro atoms. The number of benzene rings is 1. The number of rotatable bonds is 3. The zero-order valence-electron chi connectivity index (χ0n) is 8.22. The lowest BCUT2D eigenvalue weighted by molar-refractivity contribution is 0.0244. The van der Waals surface area contributed by atoms with Crippen molar-refractivity contribution in [1.29, 1.82) is 0 Å². The van der Waals surface area contributed by atoms with Gasteiger partial charge in [0.1, 0.15) is 5.82 Å². The predicted octanol–water partition coefficient (Wildman–Crippen LogP) is 2.35. The minimum Gasteiger partial charge on any atom is -0.302 e. The van der Waals surface area contributed by atoms with Crippen LogP contribution in [0.15, 0.2) is 18.2 Å². The molecular formula is C11H14FNO. The molecule has 0 heterocycles. The molecule has 1 atom stereocenters. The van der Waals surface area contributed by atoms with Crippen molar-refractivity contribution in [3.05, 3.63) is 35.1 Å². The van der Waals surface area contributed by atoms with Crippen LogP contribution in [0.25, 0.3) is 0 Å². The van der Waals surface area contributed by atoms with E-state index >= 15 is 0 Å². The Morgan fingerprint density at radius 2 is 2.43 bits per heavy atom. The lowest BCUT2D eigenvalue weighted by atomic mass is 10.1. The van der Waals surface area contributed by atoms with E-state index < -0.39 is 0 Å². The van der Waals surface area contributed by atoms with Crippen LogP contribution in [0.4, 0.5) is 4.39 Å². The van der Waals surface area contributed by atoms with Gasteiger partial charge in [-0.15, -0.1) is 0 Å². The van der Waals surface area contributed by atoms with Crippen LogP contribution in [-0.2, 0) is 11.3 Å². The monoisotopic (exact) mass is 195 g/mol. The van der Waals surface area contributed by atoms with Gasteiger partial charge in [0.2, 0.25) is 0 Å². The maximum Gasteiger partial charge on any atom is 0.123 e. The van der Waals surface area contributed by atoms with Crippen molar-refractivity contribution in [3.63, 3.8) is 0 Å². The molecule has 0 radical (unpaired) electrons. The molecule has 2 nitrogen and oxygen atoms in total. The van der Waals surface area contributed by atoms with E-state index in [4.69, 9.17) is 4.84 Å². The van der Waals surface area contributed by atoms with Crippen molar-refractivity contribution in [2.24, 2.45) is 0 Å². The molecule has 0 saturated heterocycles. The lowest BCUT2D eigenvalue weighted by Crippen LogP contribution is -2.19. The minimum atomic E-state index is -0.152. The third-order valence-electron chi connectivity index (χ3n) is 2.55. The summed E-state index contributed by atoms with van der Waals surface area (Å²) in [6, 6.07) is 5.19. The van der Waals surface area contributed by atoms with E-state index in [9.17, 15) is 4.39 Å². The van der Waals surface area contributed by atoms with Crippen molar-refractivity contribution in [1.82, 2.24) is 5.48 Å². The Morgan fingerprint density at radius 1 is 1.57 bits per heavy atom. The van der Waals surface area contributed by atoms with E-state index in [0.29, 0.717) is 6.61 Å². The second-order valence-corrected chi connectivity index (χ2v) is 3.49. The molecule has 1 N–H and O–H groups in total. The zero-order valence-corrected chi connectivity index (χ0v) is 8.22. The average molecular weight is 195 g/mol. The van der Waals surface area contributed by atoms with Gasteiger partial charge in [0, 0.05) is 0 Å². The summed E-state index contributed by atoms with van der Waals surface area (Å²) >= 11 is 0. The normalized spacial score (nSPS) is 19.7. The van der Waals surface area contributed by atoms with Gasteiger partial charge in [-0.3, -0.25) is 0 Å². The summed E-state index contributed by atoms with van der Waals surface area (Å²) in [7, 11) is 0. The third kappa shape index (κ3) is 1.79. The fourth-order valence-corrected chi connectivity index (χ4v) is 1.89. The standard InChI is InChI=1S/C11H14FNO/c1-2-14-13-11-6-3-8-7-9(12)4-5-10(8)11/h4-5,7,11,13H,2-3,6H2,1H3. The molecule has 1 unspecified atom stereocenters. The second-order valence-electron chi connectivity index (χ2n) is 3.49. The summed E-state index contributed by atoms with van der Waals surface area (Å²) < 4.78 is 12.9. The number of halogens is 1. The Kier molecular flexibility index (Phi) is 2.79. The Balaban J connectivity index is 2.14. The smallest absolute Gasteiger partial charge is 0.123 e. The second kappa shape index (κ2) is 4.07. The number of aryl methyl sites for hydroxylation is 1. The Morgan fingerprint density at radius 3 is 3.21 bits per heavy atom. The average Bonchev–Trinajstić information content (AvgIpc) is 2.57. The van der Waals surface area contributed by atoms with E-state index in [-0.39, 0.29) is 11.9 Å². The summed E-state index contributed by atoms with van der Waals surface area (Å²) in [5.74, 6) is -0.152. The van der Waals surface area contributed by atoms with Crippen LogP contribution in [0.2, 0.25) is 0 Å². The van der Waals surface area contributed by atoms with Crippen molar-refractivity contribution >= 4 is 0 Å². The van der Waals surface area contributed by atoms with Crippen LogP contribution in [-0.4, -0.2) is 6.61 Å². The lowest BCUT2D eigenvalue weighted by Gasteiger charge is -2.12. The molecule has 14 heavy (non-hydrogen) atoms. The Bertz CT molecular complexity index is 327. The SMILES string of the molecule is CCONC1CCc2cc(F)ccc21. The van der Waals surface area contributed by atoms with E-state index in [2.05, 4.69) is 5.48 Å². The molecule has 1 aliphatic rings. The molecule has 0 saturated carbocycles. The molecule has 0 fully saturated rings. The highest BCUT2D eigenvalue weighted by atomic mass is 19.1. The molecular weight excluding hydrogens is 181 g/mol. The van der Waals surface area contributed by atoms with Crippen molar-refractivity contribution in [2.75, 3.05) is 6.61 Å². The molecule has 0 aromatic heterocycles. The van der Waals surface area contributed by atoms with E-state index in [0.717, 1.165) is 18.4 Å². The molecule has 0 bridgehead atoms. The Labute approximate surface area is 83.0 Å². The van der Waals surface area contributed by atoms with Crippen molar-refractivity contribution in [3.8, 4) is 0 Å². The number of hydrogen-bond donors (Lipinski definition) is 1. The number of hydroxylamine groups is 1. The summed E-state index contributed by atoms with van der Waals surface area (Å²) in [4.78, 5) is 5.16. The first-order valence-corrected chi connectivity index (χ1v) is 4.97. The van der Waals surface area contributed by atoms with Crippen LogP contribution in [0, 0.1) is 5.82 Å². The van der Waals surface area contributed by atoms with E-state index in [1.54, 1.807) is 6.07 Å². The van der Waals surface area contributed by atoms with Crippen molar-refractivity contribution in [2.45, 2.75) is 25.8 Å². The summed E-state index contributed by atoms with van der Waals surface area (Å²) in [5.41, 5.74) is 5.25.